The van der Waals surface area contributed by atoms with E-state index in [1.807, 2.05) is 42.5 Å². The highest BCUT2D eigenvalue weighted by Gasteiger charge is 2.28. The number of nitrogens with one attached hydrogen (secondary N) is 4. The quantitative estimate of drug-likeness (QED) is 0.0918. The molecule has 0 aliphatic carbocycles. The second kappa shape index (κ2) is 12.7. The smallest absolute Gasteiger partial charge is 0.327 e. The van der Waals surface area contributed by atoms with Crippen LogP contribution in [0.5, 0.6) is 0 Å². The number of aliphatic carboxylic acids is 1. The Labute approximate surface area is 197 Å². The Morgan fingerprint density at radius 1 is 1.03 bits per heavy atom. The van der Waals surface area contributed by atoms with Crippen molar-refractivity contribution >= 4 is 47.1 Å². The van der Waals surface area contributed by atoms with Crippen LogP contribution in [0.15, 0.2) is 42.5 Å². The van der Waals surface area contributed by atoms with Crippen molar-refractivity contribution in [3.8, 4) is 0 Å². The predicted molar refractivity (Wildman–Crippen MR) is 130 cm³/mol. The van der Waals surface area contributed by atoms with E-state index in [4.69, 9.17) is 16.9 Å². The van der Waals surface area contributed by atoms with Gasteiger partial charge in [0.1, 0.15) is 12.1 Å². The molecule has 178 valence electrons. The van der Waals surface area contributed by atoms with Gasteiger partial charge in [-0.2, -0.15) is 12.6 Å². The summed E-state index contributed by atoms with van der Waals surface area (Å²) in [5.41, 5.74) is 12.0. The zero-order valence-electron chi connectivity index (χ0n) is 18.1. The van der Waals surface area contributed by atoms with E-state index in [9.17, 15) is 19.5 Å². The summed E-state index contributed by atoms with van der Waals surface area (Å²) in [7, 11) is 0. The number of benzene rings is 2. The van der Waals surface area contributed by atoms with Gasteiger partial charge in [0.25, 0.3) is 0 Å². The molecule has 3 atom stereocenters. The van der Waals surface area contributed by atoms with Gasteiger partial charge in [0.15, 0.2) is 5.96 Å². The fourth-order valence-electron chi connectivity index (χ4n) is 3.31. The van der Waals surface area contributed by atoms with Gasteiger partial charge in [0.2, 0.25) is 11.8 Å². The van der Waals surface area contributed by atoms with E-state index >= 15 is 0 Å². The lowest BCUT2D eigenvalue weighted by Crippen LogP contribution is -2.55. The summed E-state index contributed by atoms with van der Waals surface area (Å²) in [4.78, 5) is 37.0. The van der Waals surface area contributed by atoms with Crippen LogP contribution in [0.1, 0.15) is 18.4 Å². The van der Waals surface area contributed by atoms with Crippen molar-refractivity contribution in [3.05, 3.63) is 48.0 Å². The maximum Gasteiger partial charge on any atom is 0.327 e. The first-order chi connectivity index (χ1) is 15.7. The minimum atomic E-state index is -1.22. The number of hydrogen-bond acceptors (Lipinski definition) is 6. The topological polar surface area (TPSA) is 183 Å². The molecule has 2 aromatic rings. The van der Waals surface area contributed by atoms with Gasteiger partial charge >= 0.3 is 5.97 Å². The molecule has 0 heterocycles. The predicted octanol–water partition coefficient (Wildman–Crippen LogP) is -0.0431. The average Bonchev–Trinajstić information content (AvgIpc) is 2.79. The monoisotopic (exact) mass is 474 g/mol. The molecule has 0 fully saturated rings. The molecule has 0 aliphatic rings. The second-order valence-corrected chi connectivity index (χ2v) is 7.94. The van der Waals surface area contributed by atoms with Crippen molar-refractivity contribution in [1.82, 2.24) is 16.0 Å². The molecule has 0 spiro atoms. The number of carbonyl (C=O) groups excluding carboxylic acids is 2. The summed E-state index contributed by atoms with van der Waals surface area (Å²) in [6, 6.07) is 10.2. The van der Waals surface area contributed by atoms with Crippen LogP contribution in [0.25, 0.3) is 10.8 Å². The minimum Gasteiger partial charge on any atom is -0.480 e. The number of guanidine groups is 1. The molecule has 0 radical (unpaired) electrons. The summed E-state index contributed by atoms with van der Waals surface area (Å²) >= 11 is 3.98. The zero-order valence-corrected chi connectivity index (χ0v) is 19.0. The van der Waals surface area contributed by atoms with Crippen LogP contribution in [0.2, 0.25) is 0 Å². The molecule has 33 heavy (non-hydrogen) atoms. The fraction of sp³-hybridized carbons (Fsp3) is 0.364. The molecular weight excluding hydrogens is 444 g/mol. The molecule has 0 unspecified atom stereocenters. The van der Waals surface area contributed by atoms with E-state index in [2.05, 4.69) is 28.6 Å². The van der Waals surface area contributed by atoms with Gasteiger partial charge in [0, 0.05) is 18.7 Å². The molecule has 2 amide bonds. The Morgan fingerprint density at radius 3 is 2.36 bits per heavy atom. The summed E-state index contributed by atoms with van der Waals surface area (Å²) in [6.45, 7) is 0.387. The highest BCUT2D eigenvalue weighted by Crippen LogP contribution is 2.20. The molecule has 9 N–H and O–H groups in total. The van der Waals surface area contributed by atoms with Gasteiger partial charge in [-0.15, -0.1) is 0 Å². The third-order valence-corrected chi connectivity index (χ3v) is 5.44. The maximum absolute atomic E-state index is 12.9. The van der Waals surface area contributed by atoms with E-state index in [-0.39, 0.29) is 18.1 Å². The Bertz CT molecular complexity index is 997. The Morgan fingerprint density at radius 2 is 1.70 bits per heavy atom. The lowest BCUT2D eigenvalue weighted by molar-refractivity contribution is -0.141. The maximum atomic E-state index is 12.9. The Hall–Kier alpha value is -3.31. The first-order valence-electron chi connectivity index (χ1n) is 10.5. The van der Waals surface area contributed by atoms with Gasteiger partial charge < -0.3 is 32.5 Å². The number of rotatable bonds is 12. The third-order valence-electron chi connectivity index (χ3n) is 5.08. The van der Waals surface area contributed by atoms with Crippen molar-refractivity contribution in [1.29, 1.82) is 5.41 Å². The number of thiol groups is 1. The van der Waals surface area contributed by atoms with Crippen molar-refractivity contribution in [2.45, 2.75) is 37.4 Å². The van der Waals surface area contributed by atoms with E-state index in [1.165, 1.54) is 0 Å². The van der Waals surface area contributed by atoms with E-state index < -0.39 is 35.9 Å². The molecule has 2 aromatic carbocycles. The summed E-state index contributed by atoms with van der Waals surface area (Å²) in [5, 5.41) is 26.0. The first kappa shape index (κ1) is 25.9. The number of nitrogens with two attached hydrogens (primary N) is 2. The average molecular weight is 475 g/mol. The highest BCUT2D eigenvalue weighted by molar-refractivity contribution is 7.80. The van der Waals surface area contributed by atoms with Crippen LogP contribution >= 0.6 is 12.6 Å². The van der Waals surface area contributed by atoms with Crippen LogP contribution in [0.4, 0.5) is 0 Å². The molecule has 2 rings (SSSR count). The van der Waals surface area contributed by atoms with Gasteiger partial charge in [-0.1, -0.05) is 42.5 Å². The SMILES string of the molecule is N=C(N)NCCC[C@H](N)C(=O)N[C@@H](Cc1cccc2ccccc12)C(=O)N[C@@H](CS)C(=O)O. The van der Waals surface area contributed by atoms with Crippen molar-refractivity contribution in [2.75, 3.05) is 12.3 Å². The van der Waals surface area contributed by atoms with Crippen molar-refractivity contribution in [3.63, 3.8) is 0 Å². The van der Waals surface area contributed by atoms with Crippen LogP contribution in [0, 0.1) is 5.41 Å². The van der Waals surface area contributed by atoms with Crippen LogP contribution in [-0.4, -0.2) is 59.3 Å². The molecule has 0 aromatic heterocycles. The number of carboxylic acids is 1. The summed E-state index contributed by atoms with van der Waals surface area (Å²) in [5.74, 6) is -2.65. The number of carboxylic acid groups (broad SMARTS) is 1. The number of hydrogen-bond donors (Lipinski definition) is 8. The lowest BCUT2D eigenvalue weighted by Gasteiger charge is -2.23. The lowest BCUT2D eigenvalue weighted by atomic mass is 9.98. The van der Waals surface area contributed by atoms with Gasteiger partial charge in [0.05, 0.1) is 6.04 Å². The number of fused-ring (bicyclic) bond motifs is 1. The van der Waals surface area contributed by atoms with Crippen LogP contribution in [0.3, 0.4) is 0 Å². The normalized spacial score (nSPS) is 13.5. The van der Waals surface area contributed by atoms with Crippen molar-refractivity contribution < 1.29 is 19.5 Å². The van der Waals surface area contributed by atoms with Crippen LogP contribution < -0.4 is 27.4 Å². The van der Waals surface area contributed by atoms with E-state index in [1.54, 1.807) is 0 Å². The summed E-state index contributed by atoms with van der Waals surface area (Å²) < 4.78 is 0. The minimum absolute atomic E-state index is 0.0985. The molecular formula is C22H30N6O4S. The van der Waals surface area contributed by atoms with Gasteiger partial charge in [-0.25, -0.2) is 4.79 Å². The third kappa shape index (κ3) is 7.95. The molecule has 0 saturated heterocycles. The number of amides is 2. The van der Waals surface area contributed by atoms with E-state index in [0.717, 1.165) is 16.3 Å². The standard InChI is InChI=1S/C22H30N6O4S/c23-16(9-4-10-26-22(24)25)19(29)27-17(20(30)28-18(12-33)21(31)32)11-14-7-3-6-13-5-1-2-8-15(13)14/h1-3,5-8,16-18,33H,4,9-12,23H2,(H,27,29)(H,28,30)(H,31,32)(H4,24,25,26)/t16-,17-,18-/m0/s1. The molecule has 0 bridgehead atoms. The first-order valence-corrected chi connectivity index (χ1v) is 11.1. The van der Waals surface area contributed by atoms with Gasteiger partial charge in [-0.3, -0.25) is 15.0 Å². The van der Waals surface area contributed by atoms with Crippen LogP contribution in [-0.2, 0) is 20.8 Å². The molecule has 0 saturated carbocycles. The highest BCUT2D eigenvalue weighted by atomic mass is 32.1. The molecule has 0 aliphatic heterocycles. The number of carbonyl (C=O) groups is 3. The Balaban J connectivity index is 2.17. The van der Waals surface area contributed by atoms with Gasteiger partial charge in [-0.05, 0) is 29.2 Å². The fourth-order valence-corrected chi connectivity index (χ4v) is 3.56. The zero-order chi connectivity index (χ0) is 24.4. The Kier molecular flexibility index (Phi) is 9.95. The van der Waals surface area contributed by atoms with Crippen molar-refractivity contribution in [2.24, 2.45) is 11.5 Å². The summed E-state index contributed by atoms with van der Waals surface area (Å²) in [6.07, 6.45) is 0.953. The molecule has 11 heteroatoms. The largest absolute Gasteiger partial charge is 0.480 e. The second-order valence-electron chi connectivity index (χ2n) is 7.57. The molecule has 10 nitrogen and oxygen atoms in total. The van der Waals surface area contributed by atoms with E-state index in [0.29, 0.717) is 19.4 Å².